The molecule has 0 saturated carbocycles. The summed E-state index contributed by atoms with van der Waals surface area (Å²) in [7, 11) is 0. The van der Waals surface area contributed by atoms with E-state index in [0.29, 0.717) is 17.9 Å². The van der Waals surface area contributed by atoms with E-state index in [1.165, 1.54) is 11.1 Å². The molecular weight excluding hydrogens is 362 g/mol. The topological polar surface area (TPSA) is 59.4 Å². The summed E-state index contributed by atoms with van der Waals surface area (Å²) in [5, 5.41) is 10.0. The molecule has 2 aliphatic rings. The molecule has 1 N–H and O–H groups in total. The fraction of sp³-hybridized carbons (Fsp3) is 0.0400. The van der Waals surface area contributed by atoms with Crippen molar-refractivity contribution in [2.45, 2.75) is 6.61 Å². The number of ether oxygens (including phenoxy) is 1. The van der Waals surface area contributed by atoms with Crippen LogP contribution in [0.5, 0.6) is 5.75 Å². The Labute approximate surface area is 168 Å². The number of para-hydroxylation sites is 1. The molecule has 0 atom stereocenters. The van der Waals surface area contributed by atoms with Crippen LogP contribution in [0.15, 0.2) is 78.9 Å². The first kappa shape index (κ1) is 18.3. The quantitative estimate of drug-likeness (QED) is 0.438. The highest BCUT2D eigenvalue weighted by Crippen LogP contribution is 2.29. The van der Waals surface area contributed by atoms with Gasteiger partial charge in [-0.2, -0.15) is 0 Å². The smallest absolute Gasteiger partial charge is 0.355 e. The van der Waals surface area contributed by atoms with E-state index in [1.807, 2.05) is 42.5 Å². The fourth-order valence-corrected chi connectivity index (χ4v) is 2.96. The number of rotatable bonds is 4. The molecule has 29 heavy (non-hydrogen) atoms. The minimum Gasteiger partial charge on any atom is -0.487 e. The number of terminal acetylenes is 1. The van der Waals surface area contributed by atoms with Gasteiger partial charge in [0.2, 0.25) is 0 Å². The zero-order valence-corrected chi connectivity index (χ0v) is 15.5. The van der Waals surface area contributed by atoms with Crippen LogP contribution in [0.4, 0.5) is 0 Å². The molecule has 2 aliphatic carbocycles. The lowest BCUT2D eigenvalue weighted by Gasteiger charge is -2.10. The Bertz CT molecular complexity index is 1200. The predicted octanol–water partition coefficient (Wildman–Crippen LogP) is 5.16. The summed E-state index contributed by atoms with van der Waals surface area (Å²) in [6, 6.07) is 25.2. The highest BCUT2D eigenvalue weighted by Gasteiger charge is 2.14. The summed E-state index contributed by atoms with van der Waals surface area (Å²) in [6.07, 6.45) is 5.37. The minimum absolute atomic E-state index is 0.143. The second-order valence-electron chi connectivity index (χ2n) is 6.51. The standard InChI is InChI=1S/C19H13NO3.C6H4/c1-2-14-11-15-9-6-10-16(17(15)20-18(14)19(21)22)23-12-13-7-4-3-5-8-13;1-2-6-4-3-5(1)6/h1,3-11H,12H2,(H,21,22);1-4H. The number of pyridine rings is 1. The molecule has 0 amide bonds. The second kappa shape index (κ2) is 7.87. The molecule has 3 aromatic rings. The Morgan fingerprint density at radius 3 is 2.21 bits per heavy atom. The van der Waals surface area contributed by atoms with Crippen molar-refractivity contribution in [3.8, 4) is 29.2 Å². The van der Waals surface area contributed by atoms with Gasteiger partial charge in [0.15, 0.2) is 5.69 Å². The van der Waals surface area contributed by atoms with E-state index in [4.69, 9.17) is 11.2 Å². The van der Waals surface area contributed by atoms with E-state index in [2.05, 4.69) is 35.2 Å². The summed E-state index contributed by atoms with van der Waals surface area (Å²) in [4.78, 5) is 15.5. The van der Waals surface area contributed by atoms with Crippen molar-refractivity contribution in [2.24, 2.45) is 0 Å². The van der Waals surface area contributed by atoms with Gasteiger partial charge in [0.05, 0.1) is 5.56 Å². The van der Waals surface area contributed by atoms with E-state index >= 15 is 0 Å². The first-order valence-corrected chi connectivity index (χ1v) is 9.06. The van der Waals surface area contributed by atoms with Crippen LogP contribution in [-0.2, 0) is 6.61 Å². The van der Waals surface area contributed by atoms with E-state index in [9.17, 15) is 9.90 Å². The maximum Gasteiger partial charge on any atom is 0.355 e. The third-order valence-electron chi connectivity index (χ3n) is 4.62. The molecular formula is C25H17NO3. The largest absolute Gasteiger partial charge is 0.487 e. The number of aromatic carboxylic acids is 1. The normalized spacial score (nSPS) is 10.4. The van der Waals surface area contributed by atoms with Crippen molar-refractivity contribution in [1.82, 2.24) is 4.98 Å². The lowest BCUT2D eigenvalue weighted by atomic mass is 9.95. The van der Waals surface area contributed by atoms with Gasteiger partial charge in [-0.25, -0.2) is 9.78 Å². The Hall–Kier alpha value is -4.10. The second-order valence-corrected chi connectivity index (χ2v) is 6.51. The third kappa shape index (κ3) is 3.80. The molecule has 140 valence electrons. The molecule has 0 unspecified atom stereocenters. The average Bonchev–Trinajstić information content (AvgIpc) is 2.74. The number of benzene rings is 3. The lowest BCUT2D eigenvalue weighted by Crippen LogP contribution is -2.05. The average molecular weight is 379 g/mol. The lowest BCUT2D eigenvalue weighted by molar-refractivity contribution is 0.0690. The van der Waals surface area contributed by atoms with E-state index in [0.717, 1.165) is 10.9 Å². The van der Waals surface area contributed by atoms with Gasteiger partial charge < -0.3 is 9.84 Å². The molecule has 0 bridgehead atoms. The van der Waals surface area contributed by atoms with Gasteiger partial charge in [-0.3, -0.25) is 0 Å². The number of hydrogen-bond donors (Lipinski definition) is 1. The van der Waals surface area contributed by atoms with E-state index in [-0.39, 0.29) is 11.3 Å². The first-order chi connectivity index (χ1) is 14.2. The van der Waals surface area contributed by atoms with Crippen molar-refractivity contribution < 1.29 is 14.6 Å². The summed E-state index contributed by atoms with van der Waals surface area (Å²) >= 11 is 0. The zero-order valence-electron chi connectivity index (χ0n) is 15.5. The summed E-state index contributed by atoms with van der Waals surface area (Å²) < 4.78 is 5.81. The zero-order chi connectivity index (χ0) is 20.2. The Kier molecular flexibility index (Phi) is 4.96. The van der Waals surface area contributed by atoms with Gasteiger partial charge in [-0.05, 0) is 28.8 Å². The van der Waals surface area contributed by atoms with Crippen LogP contribution in [0.3, 0.4) is 0 Å². The summed E-state index contributed by atoms with van der Waals surface area (Å²) in [5.74, 6) is 1.73. The Balaban J connectivity index is 0.000000286. The van der Waals surface area contributed by atoms with Gasteiger partial charge in [-0.1, -0.05) is 72.7 Å². The van der Waals surface area contributed by atoms with Crippen LogP contribution in [0.25, 0.3) is 22.0 Å². The first-order valence-electron chi connectivity index (χ1n) is 9.06. The molecule has 4 nitrogen and oxygen atoms in total. The van der Waals surface area contributed by atoms with Gasteiger partial charge in [0.1, 0.15) is 17.9 Å². The van der Waals surface area contributed by atoms with Gasteiger partial charge in [0.25, 0.3) is 0 Å². The molecule has 0 aliphatic heterocycles. The molecule has 1 heterocycles. The van der Waals surface area contributed by atoms with Gasteiger partial charge in [-0.15, -0.1) is 6.42 Å². The van der Waals surface area contributed by atoms with Crippen molar-refractivity contribution >= 4 is 16.9 Å². The molecule has 1 aromatic heterocycles. The van der Waals surface area contributed by atoms with Crippen LogP contribution in [0.1, 0.15) is 21.6 Å². The number of hydrogen-bond acceptors (Lipinski definition) is 3. The number of nitrogens with zero attached hydrogens (tertiary/aromatic N) is 1. The van der Waals surface area contributed by atoms with Crippen molar-refractivity contribution in [2.75, 3.05) is 0 Å². The van der Waals surface area contributed by atoms with Crippen molar-refractivity contribution in [3.05, 3.63) is 95.7 Å². The number of carbonyl (C=O) groups is 1. The third-order valence-corrected chi connectivity index (χ3v) is 4.62. The highest BCUT2D eigenvalue weighted by atomic mass is 16.5. The van der Waals surface area contributed by atoms with Crippen LogP contribution in [0, 0.1) is 12.3 Å². The molecule has 2 aromatic carbocycles. The molecule has 0 fully saturated rings. The number of carboxylic acid groups (broad SMARTS) is 1. The summed E-state index contributed by atoms with van der Waals surface area (Å²) in [6.45, 7) is 0.376. The van der Waals surface area contributed by atoms with E-state index < -0.39 is 5.97 Å². The maximum atomic E-state index is 11.3. The maximum absolute atomic E-state index is 11.3. The molecule has 0 saturated heterocycles. The molecule has 0 spiro atoms. The van der Waals surface area contributed by atoms with E-state index in [1.54, 1.807) is 12.1 Å². The van der Waals surface area contributed by atoms with Crippen molar-refractivity contribution in [1.29, 1.82) is 0 Å². The fourth-order valence-electron chi connectivity index (χ4n) is 2.96. The monoisotopic (exact) mass is 379 g/mol. The number of aromatic nitrogens is 1. The molecule has 4 heteroatoms. The number of carboxylic acids is 1. The highest BCUT2D eigenvalue weighted by molar-refractivity contribution is 5.94. The number of fused-ring (bicyclic) bond motifs is 2. The Morgan fingerprint density at radius 2 is 1.66 bits per heavy atom. The predicted molar refractivity (Wildman–Crippen MR) is 113 cm³/mol. The summed E-state index contributed by atoms with van der Waals surface area (Å²) in [5.41, 5.74) is 4.47. The minimum atomic E-state index is -1.15. The van der Waals surface area contributed by atoms with Crippen LogP contribution >= 0.6 is 0 Å². The van der Waals surface area contributed by atoms with Crippen LogP contribution in [0.2, 0.25) is 0 Å². The van der Waals surface area contributed by atoms with Gasteiger partial charge in [0, 0.05) is 5.39 Å². The Morgan fingerprint density at radius 1 is 0.966 bits per heavy atom. The SMILES string of the molecule is C#Cc1cc2cccc(OCc3ccccc3)c2nc1C(=O)O.c1cc2ccc1-2. The molecule has 5 rings (SSSR count). The van der Waals surface area contributed by atoms with Crippen molar-refractivity contribution in [3.63, 3.8) is 0 Å². The van der Waals surface area contributed by atoms with Crippen LogP contribution < -0.4 is 4.74 Å². The van der Waals surface area contributed by atoms with Crippen LogP contribution in [-0.4, -0.2) is 16.1 Å². The molecule has 0 radical (unpaired) electrons. The van der Waals surface area contributed by atoms with Gasteiger partial charge >= 0.3 is 5.97 Å².